The third-order valence-electron chi connectivity index (χ3n) is 10.0. The van der Waals surface area contributed by atoms with Crippen molar-refractivity contribution in [1.29, 1.82) is 0 Å². The lowest BCUT2D eigenvalue weighted by molar-refractivity contribution is -0.157. The van der Waals surface area contributed by atoms with Crippen molar-refractivity contribution in [1.82, 2.24) is 16.1 Å². The molecule has 336 valence electrons. The van der Waals surface area contributed by atoms with E-state index >= 15 is 0 Å². The fourth-order valence-corrected chi connectivity index (χ4v) is 6.99. The number of aliphatic carboxylic acids is 1. The van der Waals surface area contributed by atoms with Gasteiger partial charge in [0, 0.05) is 5.56 Å². The van der Waals surface area contributed by atoms with E-state index in [9.17, 15) is 38.7 Å². The lowest BCUT2D eigenvalue weighted by Gasteiger charge is -2.24. The molecule has 15 nitrogen and oxygen atoms in total. The fraction of sp³-hybridized carbons (Fsp3) is 0.327. The molecule has 0 heterocycles. The molecule has 0 radical (unpaired) electrons. The number of hydrogen-bond donors (Lipinski definition) is 4. The van der Waals surface area contributed by atoms with Gasteiger partial charge < -0.3 is 30.0 Å². The molecule has 0 saturated heterocycles. The Labute approximate surface area is 372 Å². The Kier molecular flexibility index (Phi) is 16.2. The van der Waals surface area contributed by atoms with E-state index in [0.29, 0.717) is 12.1 Å². The zero-order valence-electron chi connectivity index (χ0n) is 36.8. The first kappa shape index (κ1) is 47.8. The number of carboxylic acids is 1. The Hall–Kier alpha value is -7.29. The molecule has 0 aromatic heterocycles. The molecule has 0 spiro atoms. The van der Waals surface area contributed by atoms with E-state index in [0.717, 1.165) is 38.4 Å². The van der Waals surface area contributed by atoms with Gasteiger partial charge in [-0.3, -0.25) is 24.6 Å². The maximum atomic E-state index is 13.8. The first-order valence-corrected chi connectivity index (χ1v) is 20.9. The molecular formula is C49H54N4O11. The molecule has 0 bridgehead atoms. The molecule has 0 aliphatic heterocycles. The van der Waals surface area contributed by atoms with Crippen molar-refractivity contribution in [3.05, 3.63) is 130 Å². The number of carboxylic acid groups (broad SMARTS) is 1. The Morgan fingerprint density at radius 3 is 2.14 bits per heavy atom. The predicted molar refractivity (Wildman–Crippen MR) is 239 cm³/mol. The number of methoxy groups -OCH3 is 1. The van der Waals surface area contributed by atoms with E-state index in [1.807, 2.05) is 62.4 Å². The smallest absolute Gasteiger partial charge is 0.407 e. The summed E-state index contributed by atoms with van der Waals surface area (Å²) in [7, 11) is 1.25. The fourth-order valence-electron chi connectivity index (χ4n) is 6.99. The number of alkyl carbamates (subject to hydrolysis) is 1. The summed E-state index contributed by atoms with van der Waals surface area (Å²) in [5.74, 6) is -5.04. The first-order valence-electron chi connectivity index (χ1n) is 20.9. The monoisotopic (exact) mass is 874 g/mol. The highest BCUT2D eigenvalue weighted by Gasteiger charge is 2.29. The zero-order valence-corrected chi connectivity index (χ0v) is 36.8. The van der Waals surface area contributed by atoms with Gasteiger partial charge in [-0.2, -0.15) is 0 Å². The van der Waals surface area contributed by atoms with Gasteiger partial charge in [0.2, 0.25) is 5.91 Å². The lowest BCUT2D eigenvalue weighted by atomic mass is 9.97. The van der Waals surface area contributed by atoms with E-state index in [1.54, 1.807) is 51.1 Å². The SMILES string of the molecule is COC(=O)c1ccc(C(=O)NN(C(=O)CNC(=O)OCc2ccccc2)c2ccc3c(c2)Cc2cc(C=CC[C@H](CC(=O)OC(C)(C)C)C(=O)N[C@@H](CC(C)C)C(=O)O)ccc2-3)cc1. The molecule has 4 amide bonds. The number of allylic oxidation sites excluding steroid dienone is 1. The van der Waals surface area contributed by atoms with Crippen LogP contribution < -0.4 is 21.1 Å². The van der Waals surface area contributed by atoms with Crippen LogP contribution in [0.4, 0.5) is 10.5 Å². The largest absolute Gasteiger partial charge is 0.480 e. The summed E-state index contributed by atoms with van der Waals surface area (Å²) in [5.41, 5.74) is 7.88. The average molecular weight is 875 g/mol. The van der Waals surface area contributed by atoms with Crippen molar-refractivity contribution in [2.24, 2.45) is 11.8 Å². The van der Waals surface area contributed by atoms with Crippen molar-refractivity contribution in [3.63, 3.8) is 0 Å². The number of hydrazine groups is 1. The molecule has 1 aliphatic carbocycles. The van der Waals surface area contributed by atoms with Crippen molar-refractivity contribution >= 4 is 53.5 Å². The van der Waals surface area contributed by atoms with Crippen LogP contribution in [-0.4, -0.2) is 72.1 Å². The summed E-state index contributed by atoms with van der Waals surface area (Å²) in [6.45, 7) is 8.39. The van der Waals surface area contributed by atoms with E-state index in [1.165, 1.54) is 31.4 Å². The number of anilines is 1. The third-order valence-corrected chi connectivity index (χ3v) is 10.0. The number of carbonyl (C=O) groups is 7. The number of hydrogen-bond acceptors (Lipinski definition) is 10. The van der Waals surface area contributed by atoms with Gasteiger partial charge in [0.1, 0.15) is 24.8 Å². The number of carbonyl (C=O) groups excluding carboxylic acids is 6. The molecule has 0 fully saturated rings. The first-order chi connectivity index (χ1) is 30.4. The van der Waals surface area contributed by atoms with Gasteiger partial charge in [-0.15, -0.1) is 0 Å². The van der Waals surface area contributed by atoms with Crippen LogP contribution >= 0.6 is 0 Å². The summed E-state index contributed by atoms with van der Waals surface area (Å²) < 4.78 is 15.5. The molecule has 1 aliphatic rings. The number of esters is 2. The number of nitrogens with one attached hydrogen (secondary N) is 3. The minimum atomic E-state index is -1.15. The van der Waals surface area contributed by atoms with Gasteiger partial charge in [0.15, 0.2) is 0 Å². The lowest BCUT2D eigenvalue weighted by Crippen LogP contribution is -2.50. The van der Waals surface area contributed by atoms with Crippen molar-refractivity contribution in [2.45, 2.75) is 78.6 Å². The highest BCUT2D eigenvalue weighted by molar-refractivity contribution is 6.03. The quantitative estimate of drug-likeness (QED) is 0.0424. The summed E-state index contributed by atoms with van der Waals surface area (Å²) in [6.07, 6.45) is 3.39. The minimum Gasteiger partial charge on any atom is -0.480 e. The molecule has 2 atom stereocenters. The van der Waals surface area contributed by atoms with Crippen LogP contribution in [0.3, 0.4) is 0 Å². The number of nitrogens with zero attached hydrogens (tertiary/aromatic N) is 1. The molecule has 0 saturated carbocycles. The second-order valence-corrected chi connectivity index (χ2v) is 16.7. The summed E-state index contributed by atoms with van der Waals surface area (Å²) >= 11 is 0. The summed E-state index contributed by atoms with van der Waals surface area (Å²) in [5, 5.41) is 15.8. The van der Waals surface area contributed by atoms with E-state index in [-0.39, 0.29) is 42.9 Å². The van der Waals surface area contributed by atoms with Crippen LogP contribution in [0.2, 0.25) is 0 Å². The molecule has 4 aromatic carbocycles. The number of ether oxygens (including phenoxy) is 3. The Morgan fingerprint density at radius 1 is 0.844 bits per heavy atom. The highest BCUT2D eigenvalue weighted by Crippen LogP contribution is 2.39. The van der Waals surface area contributed by atoms with Gasteiger partial charge in [0.25, 0.3) is 11.8 Å². The van der Waals surface area contributed by atoms with E-state index < -0.39 is 65.8 Å². The minimum absolute atomic E-state index is 0.00884. The molecular weight excluding hydrogens is 821 g/mol. The van der Waals surface area contributed by atoms with Gasteiger partial charge >= 0.3 is 24.0 Å². The second kappa shape index (κ2) is 21.7. The Balaban J connectivity index is 1.32. The highest BCUT2D eigenvalue weighted by atomic mass is 16.6. The topological polar surface area (TPSA) is 207 Å². The third kappa shape index (κ3) is 13.6. The molecule has 4 N–H and O–H groups in total. The van der Waals surface area contributed by atoms with Crippen LogP contribution in [0.25, 0.3) is 17.2 Å². The molecule has 4 aromatic rings. The van der Waals surface area contributed by atoms with Gasteiger partial charge in [-0.25, -0.2) is 19.4 Å². The Morgan fingerprint density at radius 2 is 1.50 bits per heavy atom. The second-order valence-electron chi connectivity index (χ2n) is 16.7. The van der Waals surface area contributed by atoms with Gasteiger partial charge in [-0.1, -0.05) is 80.6 Å². The summed E-state index contributed by atoms with van der Waals surface area (Å²) in [6, 6.07) is 24.8. The van der Waals surface area contributed by atoms with Crippen molar-refractivity contribution < 1.29 is 52.9 Å². The van der Waals surface area contributed by atoms with Crippen LogP contribution in [0.5, 0.6) is 0 Å². The molecule has 5 rings (SSSR count). The van der Waals surface area contributed by atoms with Crippen molar-refractivity contribution in [3.8, 4) is 11.1 Å². The Bertz CT molecular complexity index is 2390. The molecule has 64 heavy (non-hydrogen) atoms. The van der Waals surface area contributed by atoms with Crippen LogP contribution in [-0.2, 0) is 46.4 Å². The molecule has 15 heteroatoms. The van der Waals surface area contributed by atoms with Crippen molar-refractivity contribution in [2.75, 3.05) is 18.7 Å². The normalized spacial score (nSPS) is 12.6. The zero-order chi connectivity index (χ0) is 46.6. The maximum Gasteiger partial charge on any atom is 0.407 e. The summed E-state index contributed by atoms with van der Waals surface area (Å²) in [4.78, 5) is 89.9. The van der Waals surface area contributed by atoms with E-state index in [4.69, 9.17) is 14.2 Å². The van der Waals surface area contributed by atoms with Crippen LogP contribution in [0, 0.1) is 11.8 Å². The van der Waals surface area contributed by atoms with Crippen LogP contribution in [0.15, 0.2) is 97.1 Å². The number of amides is 4. The van der Waals surface area contributed by atoms with Gasteiger partial charge in [0.05, 0.1) is 30.7 Å². The standard InChI is InChI=1S/C49H54N4O11/c1-30(2)23-41(46(58)59)51-44(56)35(27-43(55)64-49(3,4)5)14-10-13-31-15-21-39-36(24-31)25-37-26-38(20-22-40(37)39)53(52-45(57)33-16-18-34(19-17-33)47(60)62-6)42(54)28-50-48(61)63-29-32-11-8-7-9-12-32/h7-13,15-22,24,26,30,35,41H,14,23,25,27-29H2,1-6H3,(H,50,61)(H,51,56)(H,52,57)(H,58,59)/t35-,41+/m1/s1. The number of fused-ring (bicyclic) bond motifs is 3. The average Bonchev–Trinajstić information content (AvgIpc) is 3.62. The number of rotatable bonds is 17. The predicted octanol–water partition coefficient (Wildman–Crippen LogP) is 7.02. The number of benzene rings is 4. The van der Waals surface area contributed by atoms with Crippen LogP contribution in [0.1, 0.15) is 96.9 Å². The molecule has 0 unspecified atom stereocenters. The van der Waals surface area contributed by atoms with E-state index in [2.05, 4.69) is 16.1 Å². The maximum absolute atomic E-state index is 13.8. The van der Waals surface area contributed by atoms with Gasteiger partial charge in [-0.05, 0) is 116 Å².